The van der Waals surface area contributed by atoms with Crippen LogP contribution in [-0.4, -0.2) is 5.91 Å². The van der Waals surface area contributed by atoms with Crippen LogP contribution in [0.2, 0.25) is 0 Å². The Morgan fingerprint density at radius 3 is 2.76 bits per heavy atom. The number of aryl methyl sites for hydroxylation is 3. The maximum Gasteiger partial charge on any atom is 0.252 e. The lowest BCUT2D eigenvalue weighted by atomic mass is 10.0. The molecule has 0 saturated carbocycles. The van der Waals surface area contributed by atoms with Crippen molar-refractivity contribution in [2.24, 2.45) is 0 Å². The number of benzene rings is 2. The van der Waals surface area contributed by atoms with E-state index in [4.69, 9.17) is 5.73 Å². The van der Waals surface area contributed by atoms with Crippen molar-refractivity contribution in [3.63, 3.8) is 0 Å². The van der Waals surface area contributed by atoms with E-state index in [0.717, 1.165) is 29.7 Å². The minimum atomic E-state index is 0.00201. The zero-order chi connectivity index (χ0) is 15.0. The first-order chi connectivity index (χ1) is 10.0. The van der Waals surface area contributed by atoms with Gasteiger partial charge in [0.15, 0.2) is 0 Å². The number of carbonyl (C=O) groups is 1. The molecule has 21 heavy (non-hydrogen) atoms. The van der Waals surface area contributed by atoms with E-state index in [0.29, 0.717) is 0 Å². The van der Waals surface area contributed by atoms with E-state index in [1.807, 2.05) is 50.2 Å². The van der Waals surface area contributed by atoms with Crippen molar-refractivity contribution in [3.8, 4) is 0 Å². The molecule has 108 valence electrons. The Labute approximate surface area is 125 Å². The fraction of sp³-hybridized carbons (Fsp3) is 0.278. The van der Waals surface area contributed by atoms with Gasteiger partial charge in [0.05, 0.1) is 6.04 Å². The lowest BCUT2D eigenvalue weighted by Crippen LogP contribution is -2.27. The smallest absolute Gasteiger partial charge is 0.252 e. The number of carbonyl (C=O) groups excluding carboxylic acids is 1. The molecule has 1 amide bonds. The number of rotatable bonds is 2. The third-order valence-corrected chi connectivity index (χ3v) is 4.18. The summed E-state index contributed by atoms with van der Waals surface area (Å²) in [5.74, 6) is 0.00201. The Hall–Kier alpha value is -2.29. The molecule has 1 atom stereocenters. The first kappa shape index (κ1) is 13.7. The average Bonchev–Trinajstić information content (AvgIpc) is 2.80. The predicted molar refractivity (Wildman–Crippen MR) is 85.3 cm³/mol. The third kappa shape index (κ3) is 2.64. The number of anilines is 1. The van der Waals surface area contributed by atoms with Crippen LogP contribution in [0.4, 0.5) is 5.69 Å². The molecule has 3 rings (SSSR count). The van der Waals surface area contributed by atoms with Gasteiger partial charge < -0.3 is 11.1 Å². The number of nitrogen functional groups attached to an aromatic ring is 1. The van der Waals surface area contributed by atoms with Gasteiger partial charge in [-0.1, -0.05) is 23.8 Å². The molecular formula is C18H20N2O. The summed E-state index contributed by atoms with van der Waals surface area (Å²) >= 11 is 0. The van der Waals surface area contributed by atoms with Crippen LogP contribution in [0.15, 0.2) is 36.4 Å². The van der Waals surface area contributed by atoms with Crippen LogP contribution in [0.25, 0.3) is 0 Å². The van der Waals surface area contributed by atoms with Crippen molar-refractivity contribution >= 4 is 11.6 Å². The highest BCUT2D eigenvalue weighted by molar-refractivity contribution is 5.96. The maximum atomic E-state index is 12.5. The zero-order valence-electron chi connectivity index (χ0n) is 12.4. The van der Waals surface area contributed by atoms with Crippen LogP contribution in [0.1, 0.15) is 45.1 Å². The lowest BCUT2D eigenvalue weighted by Gasteiger charge is -2.15. The van der Waals surface area contributed by atoms with Crippen molar-refractivity contribution in [2.75, 3.05) is 5.73 Å². The van der Waals surface area contributed by atoms with Crippen molar-refractivity contribution < 1.29 is 4.79 Å². The SMILES string of the molecule is Cc1ccc(C(=O)NC2CCc3cc(N)ccc32)c(C)c1. The van der Waals surface area contributed by atoms with E-state index in [1.54, 1.807) is 0 Å². The topological polar surface area (TPSA) is 55.1 Å². The lowest BCUT2D eigenvalue weighted by molar-refractivity contribution is 0.0936. The van der Waals surface area contributed by atoms with Gasteiger partial charge in [0.25, 0.3) is 5.91 Å². The summed E-state index contributed by atoms with van der Waals surface area (Å²) in [4.78, 5) is 12.5. The summed E-state index contributed by atoms with van der Waals surface area (Å²) in [6.07, 6.45) is 1.91. The molecule has 0 saturated heterocycles. The van der Waals surface area contributed by atoms with Crippen LogP contribution in [0.5, 0.6) is 0 Å². The van der Waals surface area contributed by atoms with Crippen LogP contribution in [0.3, 0.4) is 0 Å². The molecule has 0 fully saturated rings. The normalized spacial score (nSPS) is 16.6. The minimum Gasteiger partial charge on any atom is -0.399 e. The molecule has 3 heteroatoms. The quantitative estimate of drug-likeness (QED) is 0.829. The molecule has 0 spiro atoms. The van der Waals surface area contributed by atoms with E-state index >= 15 is 0 Å². The number of nitrogens with two attached hydrogens (primary N) is 1. The summed E-state index contributed by atoms with van der Waals surface area (Å²) in [6.45, 7) is 4.01. The fourth-order valence-electron chi connectivity index (χ4n) is 3.09. The Kier molecular flexibility index (Phi) is 3.42. The van der Waals surface area contributed by atoms with Gasteiger partial charge in [0.2, 0.25) is 0 Å². The molecule has 0 bridgehead atoms. The number of hydrogen-bond acceptors (Lipinski definition) is 2. The maximum absolute atomic E-state index is 12.5. The van der Waals surface area contributed by atoms with Gasteiger partial charge >= 0.3 is 0 Å². The van der Waals surface area contributed by atoms with Crippen LogP contribution in [-0.2, 0) is 6.42 Å². The number of hydrogen-bond donors (Lipinski definition) is 2. The Morgan fingerprint density at radius 2 is 2.00 bits per heavy atom. The van der Waals surface area contributed by atoms with Gasteiger partial charge in [0, 0.05) is 11.3 Å². The van der Waals surface area contributed by atoms with Crippen molar-refractivity contribution in [2.45, 2.75) is 32.7 Å². The Bertz CT molecular complexity index is 706. The number of fused-ring (bicyclic) bond motifs is 1. The highest BCUT2D eigenvalue weighted by atomic mass is 16.1. The van der Waals surface area contributed by atoms with E-state index in [9.17, 15) is 4.79 Å². The molecular weight excluding hydrogens is 260 g/mol. The molecule has 2 aromatic rings. The Morgan fingerprint density at radius 1 is 1.19 bits per heavy atom. The van der Waals surface area contributed by atoms with Crippen LogP contribution in [0, 0.1) is 13.8 Å². The average molecular weight is 280 g/mol. The third-order valence-electron chi connectivity index (χ3n) is 4.18. The van der Waals surface area contributed by atoms with E-state index < -0.39 is 0 Å². The Balaban J connectivity index is 1.81. The van der Waals surface area contributed by atoms with Crippen molar-refractivity contribution in [3.05, 3.63) is 64.2 Å². The van der Waals surface area contributed by atoms with Gasteiger partial charge in [-0.25, -0.2) is 0 Å². The van der Waals surface area contributed by atoms with Gasteiger partial charge in [-0.3, -0.25) is 4.79 Å². The fourth-order valence-corrected chi connectivity index (χ4v) is 3.09. The van der Waals surface area contributed by atoms with Crippen LogP contribution < -0.4 is 11.1 Å². The van der Waals surface area contributed by atoms with Crippen molar-refractivity contribution in [1.29, 1.82) is 0 Å². The van der Waals surface area contributed by atoms with Gasteiger partial charge in [0.1, 0.15) is 0 Å². The molecule has 3 nitrogen and oxygen atoms in total. The second-order valence-electron chi connectivity index (χ2n) is 5.84. The van der Waals surface area contributed by atoms with Gasteiger partial charge in [-0.2, -0.15) is 0 Å². The van der Waals surface area contributed by atoms with Crippen LogP contribution >= 0.6 is 0 Å². The summed E-state index contributed by atoms with van der Waals surface area (Å²) in [5.41, 5.74) is 12.0. The highest BCUT2D eigenvalue weighted by Gasteiger charge is 2.24. The standard InChI is InChI=1S/C18H20N2O/c1-11-3-6-15(12(2)9-11)18(21)20-17-8-4-13-10-14(19)5-7-16(13)17/h3,5-7,9-10,17H,4,8,19H2,1-2H3,(H,20,21). The molecule has 0 radical (unpaired) electrons. The molecule has 0 aromatic heterocycles. The number of nitrogens with one attached hydrogen (secondary N) is 1. The van der Waals surface area contributed by atoms with E-state index in [-0.39, 0.29) is 11.9 Å². The molecule has 0 aliphatic heterocycles. The second kappa shape index (κ2) is 5.24. The predicted octanol–water partition coefficient (Wildman–Crippen LogP) is 3.30. The molecule has 1 aliphatic carbocycles. The minimum absolute atomic E-state index is 0.00201. The summed E-state index contributed by atoms with van der Waals surface area (Å²) in [7, 11) is 0. The second-order valence-corrected chi connectivity index (χ2v) is 5.84. The molecule has 1 unspecified atom stereocenters. The molecule has 1 aliphatic rings. The van der Waals surface area contributed by atoms with Gasteiger partial charge in [-0.05, 0) is 61.6 Å². The summed E-state index contributed by atoms with van der Waals surface area (Å²) < 4.78 is 0. The van der Waals surface area contributed by atoms with Gasteiger partial charge in [-0.15, -0.1) is 0 Å². The molecule has 0 heterocycles. The van der Waals surface area contributed by atoms with Crippen molar-refractivity contribution in [1.82, 2.24) is 5.32 Å². The summed E-state index contributed by atoms with van der Waals surface area (Å²) in [6, 6.07) is 12.0. The number of amides is 1. The largest absolute Gasteiger partial charge is 0.399 e. The first-order valence-electron chi connectivity index (χ1n) is 7.31. The molecule has 2 aromatic carbocycles. The zero-order valence-corrected chi connectivity index (χ0v) is 12.4. The monoisotopic (exact) mass is 280 g/mol. The first-order valence-corrected chi connectivity index (χ1v) is 7.31. The summed E-state index contributed by atoms with van der Waals surface area (Å²) in [5, 5.41) is 3.15. The highest BCUT2D eigenvalue weighted by Crippen LogP contribution is 2.32. The van der Waals surface area contributed by atoms with E-state index in [1.165, 1.54) is 16.7 Å². The van der Waals surface area contributed by atoms with E-state index in [2.05, 4.69) is 5.32 Å². The molecule has 3 N–H and O–H groups in total.